The van der Waals surface area contributed by atoms with Gasteiger partial charge in [-0.15, -0.1) is 0 Å². The maximum atomic E-state index is 12.8. The Balaban J connectivity index is 1.49. The molecule has 4 aromatic rings. The monoisotopic (exact) mass is 617 g/mol. The summed E-state index contributed by atoms with van der Waals surface area (Å²) in [4.78, 5) is 12.8. The minimum Gasteiger partial charge on any atom is -0.489 e. The minimum absolute atomic E-state index is 0.443. The van der Waals surface area contributed by atoms with E-state index in [4.69, 9.17) is 18.9 Å². The van der Waals surface area contributed by atoms with Crippen LogP contribution in [0.25, 0.3) is 0 Å². The van der Waals surface area contributed by atoms with Crippen LogP contribution in [-0.2, 0) is 18.0 Å². The molecular weight excluding hydrogens is 582 g/mol. The van der Waals surface area contributed by atoms with Crippen LogP contribution in [0.2, 0.25) is 0 Å². The van der Waals surface area contributed by atoms with Gasteiger partial charge in [0.2, 0.25) is 0 Å². The van der Waals surface area contributed by atoms with Gasteiger partial charge < -0.3 is 24.3 Å². The molecule has 6 nitrogen and oxygen atoms in total. The molecule has 0 heterocycles. The van der Waals surface area contributed by atoms with E-state index < -0.39 is 23.8 Å². The Morgan fingerprint density at radius 1 is 0.780 bits per heavy atom. The number of rotatable bonds is 11. The van der Waals surface area contributed by atoms with E-state index in [9.17, 15) is 4.79 Å². The van der Waals surface area contributed by atoms with Gasteiger partial charge in [-0.25, -0.2) is 4.79 Å². The highest BCUT2D eigenvalue weighted by Gasteiger charge is 2.27. The lowest BCUT2D eigenvalue weighted by molar-refractivity contribution is 0.0452. The van der Waals surface area contributed by atoms with Crippen molar-refractivity contribution in [2.45, 2.75) is 58.7 Å². The van der Waals surface area contributed by atoms with Crippen molar-refractivity contribution in [1.82, 2.24) is 5.32 Å². The van der Waals surface area contributed by atoms with Gasteiger partial charge in [0, 0.05) is 6.07 Å². The number of ether oxygens (including phenoxy) is 4. The van der Waals surface area contributed by atoms with Crippen molar-refractivity contribution in [1.29, 1.82) is 0 Å². The third kappa shape index (κ3) is 9.57. The number of benzene rings is 4. The summed E-state index contributed by atoms with van der Waals surface area (Å²) in [6, 6.07) is 32.7. The van der Waals surface area contributed by atoms with Gasteiger partial charge >= 0.3 is 6.09 Å². The molecule has 0 aliphatic carbocycles. The molecule has 0 aliphatic heterocycles. The fraction of sp³-hybridized carbons (Fsp3) is 0.265. The van der Waals surface area contributed by atoms with Crippen LogP contribution in [0.15, 0.2) is 108 Å². The molecular formula is C34H36BrNO5. The molecule has 0 aromatic heterocycles. The van der Waals surface area contributed by atoms with Gasteiger partial charge in [0.25, 0.3) is 0 Å². The van der Waals surface area contributed by atoms with E-state index in [1.165, 1.54) is 0 Å². The molecule has 2 atom stereocenters. The van der Waals surface area contributed by atoms with Gasteiger partial charge in [0.1, 0.15) is 42.2 Å². The van der Waals surface area contributed by atoms with E-state index in [-0.39, 0.29) is 0 Å². The number of hydrogen-bond acceptors (Lipinski definition) is 5. The lowest BCUT2D eigenvalue weighted by atomic mass is 10.0. The van der Waals surface area contributed by atoms with Crippen molar-refractivity contribution in [2.24, 2.45) is 0 Å². The van der Waals surface area contributed by atoms with E-state index in [2.05, 4.69) is 21.2 Å². The lowest BCUT2D eigenvalue weighted by Crippen LogP contribution is -2.40. The maximum absolute atomic E-state index is 12.8. The van der Waals surface area contributed by atoms with Gasteiger partial charge in [0.15, 0.2) is 0 Å². The molecule has 7 heteroatoms. The Bertz CT molecular complexity index is 1390. The lowest BCUT2D eigenvalue weighted by Gasteiger charge is -2.28. The summed E-state index contributed by atoms with van der Waals surface area (Å²) in [6.45, 7) is 8.32. The number of nitrogens with one attached hydrogen (secondary N) is 1. The molecule has 41 heavy (non-hydrogen) atoms. The first-order valence-electron chi connectivity index (χ1n) is 13.6. The molecule has 1 unspecified atom stereocenters. The number of hydrogen-bond donors (Lipinski definition) is 1. The first kappa shape index (κ1) is 30.0. The summed E-state index contributed by atoms with van der Waals surface area (Å²) in [5.41, 5.74) is 2.37. The third-order valence-corrected chi connectivity index (χ3v) is 6.75. The Kier molecular flexibility index (Phi) is 10.3. The second-order valence-corrected chi connectivity index (χ2v) is 11.5. The molecule has 0 aliphatic rings. The van der Waals surface area contributed by atoms with Crippen molar-refractivity contribution >= 4 is 22.0 Å². The van der Waals surface area contributed by atoms with E-state index in [1.807, 2.05) is 131 Å². The smallest absolute Gasteiger partial charge is 0.408 e. The molecule has 0 bridgehead atoms. The number of alkyl carbamates (subject to hydrolysis) is 1. The van der Waals surface area contributed by atoms with E-state index in [0.717, 1.165) is 26.9 Å². The first-order valence-corrected chi connectivity index (χ1v) is 14.3. The fourth-order valence-electron chi connectivity index (χ4n) is 4.09. The summed E-state index contributed by atoms with van der Waals surface area (Å²) in [5.74, 6) is 2.01. The largest absolute Gasteiger partial charge is 0.489 e. The van der Waals surface area contributed by atoms with Crippen molar-refractivity contribution in [2.75, 3.05) is 0 Å². The Morgan fingerprint density at radius 2 is 1.32 bits per heavy atom. The number of halogens is 1. The third-order valence-electron chi connectivity index (χ3n) is 6.09. The maximum Gasteiger partial charge on any atom is 0.408 e. The summed E-state index contributed by atoms with van der Waals surface area (Å²) in [6.07, 6.45) is -0.986. The zero-order valence-electron chi connectivity index (χ0n) is 23.8. The summed E-state index contributed by atoms with van der Waals surface area (Å²) in [5, 5.41) is 2.99. The van der Waals surface area contributed by atoms with Gasteiger partial charge in [0.05, 0.1) is 10.5 Å². The highest BCUT2D eigenvalue weighted by atomic mass is 79.9. The SMILES string of the molecule is CC(Oc1cc(OCc2ccccc2)ccc1Br)[C@H](NC(=O)OC(C)(C)C)c1ccc(OCc2ccccc2)cc1. The van der Waals surface area contributed by atoms with Crippen molar-refractivity contribution in [3.05, 3.63) is 124 Å². The van der Waals surface area contributed by atoms with Crippen LogP contribution in [0.4, 0.5) is 4.79 Å². The minimum atomic E-state index is -0.638. The molecule has 1 N–H and O–H groups in total. The van der Waals surface area contributed by atoms with Gasteiger partial charge in [-0.05, 0) is 84.6 Å². The predicted octanol–water partition coefficient (Wildman–Crippen LogP) is 8.64. The zero-order chi connectivity index (χ0) is 29.2. The van der Waals surface area contributed by atoms with Crippen molar-refractivity contribution < 1.29 is 23.7 Å². The van der Waals surface area contributed by atoms with Crippen LogP contribution in [-0.4, -0.2) is 17.8 Å². The van der Waals surface area contributed by atoms with Crippen LogP contribution in [0.1, 0.15) is 50.4 Å². The van der Waals surface area contributed by atoms with Crippen LogP contribution >= 0.6 is 15.9 Å². The molecule has 4 aromatic carbocycles. The van der Waals surface area contributed by atoms with E-state index in [0.29, 0.717) is 24.7 Å². The normalized spacial score (nSPS) is 12.6. The highest BCUT2D eigenvalue weighted by Crippen LogP contribution is 2.33. The molecule has 0 saturated heterocycles. The molecule has 0 spiro atoms. The molecule has 1 amide bonds. The number of carbonyl (C=O) groups excluding carboxylic acids is 1. The summed E-state index contributed by atoms with van der Waals surface area (Å²) in [7, 11) is 0. The highest BCUT2D eigenvalue weighted by molar-refractivity contribution is 9.10. The van der Waals surface area contributed by atoms with E-state index in [1.54, 1.807) is 0 Å². The zero-order valence-corrected chi connectivity index (χ0v) is 25.4. The Hall–Kier alpha value is -3.97. The number of amides is 1. The topological polar surface area (TPSA) is 66.0 Å². The van der Waals surface area contributed by atoms with E-state index >= 15 is 0 Å². The standard InChI is InChI=1S/C34H36BrNO5/c1-24(40-31-21-29(19-20-30(31)35)39-23-26-13-9-6-10-14-26)32(36-33(37)41-34(2,3)4)27-15-17-28(18-16-27)38-22-25-11-7-5-8-12-25/h5-21,24,32H,22-23H2,1-4H3,(H,36,37)/t24?,32-/m0/s1. The second-order valence-electron chi connectivity index (χ2n) is 10.7. The quantitative estimate of drug-likeness (QED) is 0.182. The van der Waals surface area contributed by atoms with Crippen molar-refractivity contribution in [3.63, 3.8) is 0 Å². The van der Waals surface area contributed by atoms with Gasteiger partial charge in [-0.2, -0.15) is 0 Å². The summed E-state index contributed by atoms with van der Waals surface area (Å²) < 4.78 is 24.7. The van der Waals surface area contributed by atoms with Crippen LogP contribution in [0.5, 0.6) is 17.2 Å². The first-order chi connectivity index (χ1) is 19.7. The molecule has 0 radical (unpaired) electrons. The van der Waals surface area contributed by atoms with Crippen LogP contribution < -0.4 is 19.5 Å². The molecule has 4 rings (SSSR count). The second kappa shape index (κ2) is 14.1. The average Bonchev–Trinajstić information content (AvgIpc) is 2.95. The fourth-order valence-corrected chi connectivity index (χ4v) is 4.43. The Labute approximate surface area is 250 Å². The average molecular weight is 619 g/mol. The van der Waals surface area contributed by atoms with Crippen LogP contribution in [0.3, 0.4) is 0 Å². The molecule has 0 saturated carbocycles. The van der Waals surface area contributed by atoms with Gasteiger partial charge in [-0.1, -0.05) is 72.8 Å². The Morgan fingerprint density at radius 3 is 1.88 bits per heavy atom. The van der Waals surface area contributed by atoms with Crippen LogP contribution in [0, 0.1) is 0 Å². The predicted molar refractivity (Wildman–Crippen MR) is 164 cm³/mol. The van der Waals surface area contributed by atoms with Gasteiger partial charge in [-0.3, -0.25) is 0 Å². The molecule has 0 fully saturated rings. The number of carbonyl (C=O) groups is 1. The summed E-state index contributed by atoms with van der Waals surface area (Å²) >= 11 is 3.59. The molecule has 214 valence electrons. The van der Waals surface area contributed by atoms with Crippen molar-refractivity contribution in [3.8, 4) is 17.2 Å².